The molecular formula is C21H39NO. The first kappa shape index (κ1) is 20.4. The fourth-order valence-electron chi connectivity index (χ4n) is 3.49. The zero-order chi connectivity index (χ0) is 16.8. The van der Waals surface area contributed by atoms with Gasteiger partial charge in [-0.25, -0.2) is 4.99 Å². The molecule has 0 heterocycles. The maximum Gasteiger partial charge on any atom is 0.245 e. The molecule has 0 bridgehead atoms. The minimum Gasteiger partial charge on any atom is -0.273 e. The largest absolute Gasteiger partial charge is 0.273 e. The summed E-state index contributed by atoms with van der Waals surface area (Å²) in [6, 6.07) is 0. The lowest BCUT2D eigenvalue weighted by Gasteiger charge is -2.19. The second-order valence-electron chi connectivity index (χ2n) is 7.43. The quantitative estimate of drug-likeness (QED) is 0.361. The summed E-state index contributed by atoms with van der Waals surface area (Å²) in [6.07, 6.45) is 20.0. The molecule has 2 nitrogen and oxygen atoms in total. The van der Waals surface area contributed by atoms with Gasteiger partial charge in [0.1, 0.15) is 0 Å². The van der Waals surface area contributed by atoms with Crippen molar-refractivity contribution >= 4 is 11.6 Å². The van der Waals surface area contributed by atoms with E-state index in [1.54, 1.807) is 0 Å². The predicted octanol–water partition coefficient (Wildman–Crippen LogP) is 6.87. The summed E-state index contributed by atoms with van der Waals surface area (Å²) in [5, 5.41) is 0. The Morgan fingerprint density at radius 3 is 2.04 bits per heavy atom. The second-order valence-corrected chi connectivity index (χ2v) is 7.43. The van der Waals surface area contributed by atoms with Crippen LogP contribution in [0.4, 0.5) is 0 Å². The smallest absolute Gasteiger partial charge is 0.245 e. The number of rotatable bonds is 12. The van der Waals surface area contributed by atoms with Gasteiger partial charge < -0.3 is 0 Å². The van der Waals surface area contributed by atoms with Gasteiger partial charge in [-0.1, -0.05) is 84.5 Å². The Labute approximate surface area is 144 Å². The number of hydrogen-bond acceptors (Lipinski definition) is 1. The van der Waals surface area contributed by atoms with Crippen molar-refractivity contribution in [3.63, 3.8) is 0 Å². The second kappa shape index (κ2) is 13.7. The normalized spacial score (nSPS) is 20.1. The maximum absolute atomic E-state index is 11.9. The van der Waals surface area contributed by atoms with E-state index in [2.05, 4.69) is 18.8 Å². The molecule has 0 aromatic carbocycles. The van der Waals surface area contributed by atoms with E-state index < -0.39 is 0 Å². The SMILES string of the molecule is CCCCCCCCCCCCCC(=O)N=C1CCCCC1C. The molecule has 1 unspecified atom stereocenters. The van der Waals surface area contributed by atoms with Crippen molar-refractivity contribution in [1.82, 2.24) is 0 Å². The Hall–Kier alpha value is -0.660. The summed E-state index contributed by atoms with van der Waals surface area (Å²) < 4.78 is 0. The lowest BCUT2D eigenvalue weighted by Crippen LogP contribution is -2.17. The first-order chi connectivity index (χ1) is 11.2. The van der Waals surface area contributed by atoms with Gasteiger partial charge in [-0.15, -0.1) is 0 Å². The lowest BCUT2D eigenvalue weighted by molar-refractivity contribution is -0.117. The molecule has 1 aliphatic rings. The molecule has 134 valence electrons. The molecule has 1 saturated carbocycles. The zero-order valence-corrected chi connectivity index (χ0v) is 15.7. The third-order valence-corrected chi connectivity index (χ3v) is 5.15. The van der Waals surface area contributed by atoms with Crippen LogP contribution in [-0.2, 0) is 4.79 Å². The van der Waals surface area contributed by atoms with Crippen molar-refractivity contribution in [3.05, 3.63) is 0 Å². The molecule has 0 aromatic rings. The van der Waals surface area contributed by atoms with Crippen molar-refractivity contribution in [2.45, 2.75) is 117 Å². The third-order valence-electron chi connectivity index (χ3n) is 5.15. The van der Waals surface area contributed by atoms with E-state index in [0.29, 0.717) is 12.3 Å². The minimum absolute atomic E-state index is 0.129. The molecule has 0 N–H and O–H groups in total. The third kappa shape index (κ3) is 10.7. The molecule has 0 saturated heterocycles. The molecule has 1 rings (SSSR count). The number of carbonyl (C=O) groups excluding carboxylic acids is 1. The van der Waals surface area contributed by atoms with Crippen LogP contribution in [0.2, 0.25) is 0 Å². The minimum atomic E-state index is 0.129. The maximum atomic E-state index is 11.9. The van der Waals surface area contributed by atoms with Gasteiger partial charge in [-0.3, -0.25) is 4.79 Å². The highest BCUT2D eigenvalue weighted by molar-refractivity contribution is 5.97. The van der Waals surface area contributed by atoms with E-state index in [1.165, 1.54) is 89.2 Å². The topological polar surface area (TPSA) is 29.4 Å². The molecule has 0 aliphatic heterocycles. The van der Waals surface area contributed by atoms with Crippen LogP contribution < -0.4 is 0 Å². The average Bonchev–Trinajstić information content (AvgIpc) is 2.55. The first-order valence-corrected chi connectivity index (χ1v) is 10.3. The standard InChI is InChI=1S/C21H39NO/c1-3-4-5-6-7-8-9-10-11-12-13-18-21(23)22-20-17-15-14-16-19(20)2/h19H,3-18H2,1-2H3. The average molecular weight is 322 g/mol. The molecule has 1 fully saturated rings. The van der Waals surface area contributed by atoms with Crippen LogP contribution >= 0.6 is 0 Å². The van der Waals surface area contributed by atoms with Crippen LogP contribution in [0.25, 0.3) is 0 Å². The monoisotopic (exact) mass is 321 g/mol. The van der Waals surface area contributed by atoms with Crippen LogP contribution in [-0.4, -0.2) is 11.6 Å². The summed E-state index contributed by atoms with van der Waals surface area (Å²) in [6.45, 7) is 4.49. The number of carbonyl (C=O) groups is 1. The molecule has 1 aliphatic carbocycles. The summed E-state index contributed by atoms with van der Waals surface area (Å²) in [5.74, 6) is 0.662. The van der Waals surface area contributed by atoms with Gasteiger partial charge in [0, 0.05) is 12.1 Å². The summed E-state index contributed by atoms with van der Waals surface area (Å²) >= 11 is 0. The van der Waals surface area contributed by atoms with Crippen molar-refractivity contribution < 1.29 is 4.79 Å². The fourth-order valence-corrected chi connectivity index (χ4v) is 3.49. The van der Waals surface area contributed by atoms with Crippen LogP contribution in [0.1, 0.15) is 117 Å². The van der Waals surface area contributed by atoms with Gasteiger partial charge in [-0.2, -0.15) is 0 Å². The molecule has 2 heteroatoms. The van der Waals surface area contributed by atoms with E-state index in [9.17, 15) is 4.79 Å². The lowest BCUT2D eigenvalue weighted by atomic mass is 9.89. The molecule has 0 radical (unpaired) electrons. The zero-order valence-electron chi connectivity index (χ0n) is 15.7. The fraction of sp³-hybridized carbons (Fsp3) is 0.905. The molecule has 23 heavy (non-hydrogen) atoms. The van der Waals surface area contributed by atoms with Gasteiger partial charge in [0.05, 0.1) is 0 Å². The van der Waals surface area contributed by atoms with Gasteiger partial charge >= 0.3 is 0 Å². The molecular weight excluding hydrogens is 282 g/mol. The summed E-state index contributed by atoms with van der Waals surface area (Å²) in [4.78, 5) is 16.3. The Balaban J connectivity index is 1.92. The highest BCUT2D eigenvalue weighted by Crippen LogP contribution is 2.21. The van der Waals surface area contributed by atoms with Gasteiger partial charge in [0.15, 0.2) is 0 Å². The highest BCUT2D eigenvalue weighted by Gasteiger charge is 2.16. The Kier molecular flexibility index (Phi) is 12.2. The summed E-state index contributed by atoms with van der Waals surface area (Å²) in [7, 11) is 0. The number of amides is 1. The molecule has 1 amide bonds. The number of nitrogens with zero attached hydrogens (tertiary/aromatic N) is 1. The number of hydrogen-bond donors (Lipinski definition) is 0. The van der Waals surface area contributed by atoms with E-state index in [-0.39, 0.29) is 5.91 Å². The molecule has 1 atom stereocenters. The van der Waals surface area contributed by atoms with Crippen molar-refractivity contribution in [2.24, 2.45) is 10.9 Å². The van der Waals surface area contributed by atoms with Gasteiger partial charge in [0.2, 0.25) is 5.91 Å². The highest BCUT2D eigenvalue weighted by atomic mass is 16.1. The number of aliphatic imine (C=N–C) groups is 1. The van der Waals surface area contributed by atoms with Gasteiger partial charge in [0.25, 0.3) is 0 Å². The van der Waals surface area contributed by atoms with Crippen molar-refractivity contribution in [3.8, 4) is 0 Å². The van der Waals surface area contributed by atoms with Gasteiger partial charge in [-0.05, 0) is 31.6 Å². The van der Waals surface area contributed by atoms with Crippen LogP contribution in [0.15, 0.2) is 4.99 Å². The first-order valence-electron chi connectivity index (χ1n) is 10.3. The Morgan fingerprint density at radius 1 is 0.913 bits per heavy atom. The van der Waals surface area contributed by atoms with Crippen molar-refractivity contribution in [1.29, 1.82) is 0 Å². The summed E-state index contributed by atoms with van der Waals surface area (Å²) in [5.41, 5.74) is 1.17. The predicted molar refractivity (Wildman–Crippen MR) is 101 cm³/mol. The van der Waals surface area contributed by atoms with E-state index >= 15 is 0 Å². The molecule has 0 spiro atoms. The molecule has 0 aromatic heterocycles. The van der Waals surface area contributed by atoms with Crippen LogP contribution in [0.3, 0.4) is 0 Å². The van der Waals surface area contributed by atoms with E-state index in [0.717, 1.165) is 12.8 Å². The number of unbranched alkanes of at least 4 members (excludes halogenated alkanes) is 10. The Morgan fingerprint density at radius 2 is 1.48 bits per heavy atom. The van der Waals surface area contributed by atoms with Crippen molar-refractivity contribution in [2.75, 3.05) is 0 Å². The Bertz CT molecular complexity index is 335. The van der Waals surface area contributed by atoms with Crippen LogP contribution in [0.5, 0.6) is 0 Å². The van der Waals surface area contributed by atoms with E-state index in [4.69, 9.17) is 0 Å². The van der Waals surface area contributed by atoms with E-state index in [1.807, 2.05) is 0 Å². The van der Waals surface area contributed by atoms with Crippen LogP contribution in [0, 0.1) is 5.92 Å².